The van der Waals surface area contributed by atoms with Crippen molar-refractivity contribution < 1.29 is 9.18 Å². The van der Waals surface area contributed by atoms with Crippen LogP contribution in [0.4, 0.5) is 10.1 Å². The molecule has 104 valence electrons. The maximum absolute atomic E-state index is 13.3. The van der Waals surface area contributed by atoms with Gasteiger partial charge in [0.2, 0.25) is 5.91 Å². The Labute approximate surface area is 113 Å². The van der Waals surface area contributed by atoms with E-state index >= 15 is 0 Å². The van der Waals surface area contributed by atoms with E-state index in [4.69, 9.17) is 0 Å². The van der Waals surface area contributed by atoms with Crippen molar-refractivity contribution in [2.45, 2.75) is 38.1 Å². The van der Waals surface area contributed by atoms with Crippen molar-refractivity contribution in [3.8, 4) is 0 Å². The topological polar surface area (TPSA) is 32.3 Å². The minimum absolute atomic E-state index is 0.0393. The van der Waals surface area contributed by atoms with Gasteiger partial charge in [0.25, 0.3) is 0 Å². The molecule has 0 radical (unpaired) electrons. The number of carbonyl (C=O) groups is 1. The molecule has 1 aliphatic rings. The van der Waals surface area contributed by atoms with E-state index in [0.29, 0.717) is 5.69 Å². The number of nitrogens with one attached hydrogen (secondary N) is 1. The summed E-state index contributed by atoms with van der Waals surface area (Å²) in [4.78, 5) is 14.3. The molecule has 0 spiro atoms. The Morgan fingerprint density at radius 2 is 2.32 bits per heavy atom. The van der Waals surface area contributed by atoms with Crippen LogP contribution >= 0.6 is 0 Å². The van der Waals surface area contributed by atoms with Crippen molar-refractivity contribution >= 4 is 11.6 Å². The summed E-state index contributed by atoms with van der Waals surface area (Å²) in [6.07, 6.45) is 3.66. The summed E-state index contributed by atoms with van der Waals surface area (Å²) in [6, 6.07) is 6.17. The van der Waals surface area contributed by atoms with Gasteiger partial charge in [0.05, 0.1) is 5.54 Å². The predicted molar refractivity (Wildman–Crippen MR) is 74.7 cm³/mol. The minimum atomic E-state index is -0.462. The van der Waals surface area contributed by atoms with Crippen LogP contribution in [-0.4, -0.2) is 25.0 Å². The number of hydrogen-bond donors (Lipinski definition) is 1. The van der Waals surface area contributed by atoms with E-state index in [-0.39, 0.29) is 11.7 Å². The van der Waals surface area contributed by atoms with Crippen LogP contribution in [0.15, 0.2) is 24.3 Å². The van der Waals surface area contributed by atoms with Gasteiger partial charge < -0.3 is 10.2 Å². The summed E-state index contributed by atoms with van der Waals surface area (Å²) in [7, 11) is 1.72. The highest BCUT2D eigenvalue weighted by molar-refractivity contribution is 6.00. The average molecular weight is 264 g/mol. The van der Waals surface area contributed by atoms with Gasteiger partial charge in [-0.25, -0.2) is 4.39 Å². The van der Waals surface area contributed by atoms with Crippen LogP contribution in [0.25, 0.3) is 0 Å². The largest absolute Gasteiger partial charge is 0.314 e. The highest BCUT2D eigenvalue weighted by Gasteiger charge is 2.41. The number of likely N-dealkylation sites (N-methyl/N-ethyl adjacent to an activating group) is 1. The molecule has 3 nitrogen and oxygen atoms in total. The third kappa shape index (κ3) is 2.78. The fourth-order valence-electron chi connectivity index (χ4n) is 2.86. The SMILES string of the molecule is CCCC1(C(=O)N(C)c2cccc(F)c2)CCCN1. The van der Waals surface area contributed by atoms with Crippen LogP contribution < -0.4 is 10.2 Å². The standard InChI is InChI=1S/C15H21FN2O/c1-3-8-15(9-5-10-17-15)14(19)18(2)13-7-4-6-12(16)11-13/h4,6-7,11,17H,3,5,8-10H2,1-2H3. The van der Waals surface area contributed by atoms with Crippen LogP contribution in [0.3, 0.4) is 0 Å². The van der Waals surface area contributed by atoms with Crippen molar-refractivity contribution in [3.63, 3.8) is 0 Å². The summed E-state index contributed by atoms with van der Waals surface area (Å²) in [5.74, 6) is -0.279. The molecule has 1 N–H and O–H groups in total. The van der Waals surface area contributed by atoms with Crippen LogP contribution in [0, 0.1) is 5.82 Å². The maximum Gasteiger partial charge on any atom is 0.247 e. The molecule has 1 fully saturated rings. The molecule has 4 heteroatoms. The Hall–Kier alpha value is -1.42. The lowest BCUT2D eigenvalue weighted by atomic mass is 9.90. The highest BCUT2D eigenvalue weighted by Crippen LogP contribution is 2.28. The highest BCUT2D eigenvalue weighted by atomic mass is 19.1. The molecule has 1 aromatic rings. The van der Waals surface area contributed by atoms with Gasteiger partial charge in [0.15, 0.2) is 0 Å². The molecular formula is C15H21FN2O. The van der Waals surface area contributed by atoms with Gasteiger partial charge in [0, 0.05) is 12.7 Å². The number of hydrogen-bond acceptors (Lipinski definition) is 2. The second-order valence-corrected chi connectivity index (χ2v) is 5.21. The quantitative estimate of drug-likeness (QED) is 0.907. The third-order valence-electron chi connectivity index (χ3n) is 3.83. The number of carbonyl (C=O) groups excluding carboxylic acids is 1. The monoisotopic (exact) mass is 264 g/mol. The van der Waals surface area contributed by atoms with E-state index < -0.39 is 5.54 Å². The van der Waals surface area contributed by atoms with Crippen molar-refractivity contribution in [2.24, 2.45) is 0 Å². The third-order valence-corrected chi connectivity index (χ3v) is 3.83. The Kier molecular flexibility index (Phi) is 4.20. The fourth-order valence-corrected chi connectivity index (χ4v) is 2.86. The van der Waals surface area contributed by atoms with E-state index in [1.165, 1.54) is 12.1 Å². The van der Waals surface area contributed by atoms with E-state index in [1.54, 1.807) is 24.1 Å². The van der Waals surface area contributed by atoms with Crippen LogP contribution in [-0.2, 0) is 4.79 Å². The first-order chi connectivity index (χ1) is 9.09. The molecule has 19 heavy (non-hydrogen) atoms. The van der Waals surface area contributed by atoms with Gasteiger partial charge in [-0.1, -0.05) is 19.4 Å². The molecule has 1 saturated heterocycles. The zero-order chi connectivity index (χ0) is 13.9. The van der Waals surface area contributed by atoms with Crippen LogP contribution in [0.2, 0.25) is 0 Å². The van der Waals surface area contributed by atoms with E-state index in [2.05, 4.69) is 12.2 Å². The smallest absolute Gasteiger partial charge is 0.247 e. The van der Waals surface area contributed by atoms with Gasteiger partial charge in [-0.15, -0.1) is 0 Å². The van der Waals surface area contributed by atoms with Gasteiger partial charge >= 0.3 is 0 Å². The van der Waals surface area contributed by atoms with Gasteiger partial charge in [-0.2, -0.15) is 0 Å². The van der Waals surface area contributed by atoms with E-state index in [1.807, 2.05) is 0 Å². The Morgan fingerprint density at radius 1 is 1.53 bits per heavy atom. The average Bonchev–Trinajstić information content (AvgIpc) is 2.87. The molecule has 2 rings (SSSR count). The summed E-state index contributed by atoms with van der Waals surface area (Å²) >= 11 is 0. The van der Waals surface area contributed by atoms with Crippen LogP contribution in [0.1, 0.15) is 32.6 Å². The molecule has 0 aromatic heterocycles. The van der Waals surface area contributed by atoms with Gasteiger partial charge in [-0.3, -0.25) is 4.79 Å². The Balaban J connectivity index is 2.22. The lowest BCUT2D eigenvalue weighted by Gasteiger charge is -2.32. The molecule has 1 atom stereocenters. The first-order valence-corrected chi connectivity index (χ1v) is 6.88. The second kappa shape index (κ2) is 5.70. The molecule has 1 heterocycles. The number of anilines is 1. The van der Waals surface area contributed by atoms with Crippen molar-refractivity contribution in [2.75, 3.05) is 18.5 Å². The zero-order valence-corrected chi connectivity index (χ0v) is 11.6. The normalized spacial score (nSPS) is 22.5. The lowest BCUT2D eigenvalue weighted by molar-refractivity contribution is -0.124. The number of nitrogens with zero attached hydrogens (tertiary/aromatic N) is 1. The van der Waals surface area contributed by atoms with Crippen LogP contribution in [0.5, 0.6) is 0 Å². The molecule has 1 aliphatic heterocycles. The molecular weight excluding hydrogens is 243 g/mol. The minimum Gasteiger partial charge on any atom is -0.314 e. The molecule has 1 amide bonds. The lowest BCUT2D eigenvalue weighted by Crippen LogP contribution is -2.54. The van der Waals surface area contributed by atoms with Gasteiger partial charge in [-0.05, 0) is 44.0 Å². The number of rotatable bonds is 4. The number of amides is 1. The van der Waals surface area contributed by atoms with Gasteiger partial charge in [0.1, 0.15) is 5.82 Å². The molecule has 0 saturated carbocycles. The van der Waals surface area contributed by atoms with Crippen molar-refractivity contribution in [3.05, 3.63) is 30.1 Å². The Morgan fingerprint density at radius 3 is 2.89 bits per heavy atom. The number of halogens is 1. The van der Waals surface area contributed by atoms with Crippen molar-refractivity contribution in [1.82, 2.24) is 5.32 Å². The first kappa shape index (κ1) is 14.0. The molecule has 0 aliphatic carbocycles. The summed E-state index contributed by atoms with van der Waals surface area (Å²) in [5, 5.41) is 3.35. The van der Waals surface area contributed by atoms with E-state index in [9.17, 15) is 9.18 Å². The predicted octanol–water partition coefficient (Wildman–Crippen LogP) is 2.71. The fraction of sp³-hybridized carbons (Fsp3) is 0.533. The number of benzene rings is 1. The summed E-state index contributed by atoms with van der Waals surface area (Å²) in [6.45, 7) is 2.96. The molecule has 0 bridgehead atoms. The Bertz CT molecular complexity index is 455. The van der Waals surface area contributed by atoms with Crippen molar-refractivity contribution in [1.29, 1.82) is 0 Å². The molecule has 1 unspecified atom stereocenters. The maximum atomic E-state index is 13.3. The van der Waals surface area contributed by atoms with E-state index in [0.717, 1.165) is 32.2 Å². The first-order valence-electron chi connectivity index (χ1n) is 6.88. The summed E-state index contributed by atoms with van der Waals surface area (Å²) in [5.41, 5.74) is 0.143. The molecule has 1 aromatic carbocycles. The second-order valence-electron chi connectivity index (χ2n) is 5.21. The summed E-state index contributed by atoms with van der Waals surface area (Å²) < 4.78 is 13.3. The zero-order valence-electron chi connectivity index (χ0n) is 11.6.